The molecule has 3 rings (SSSR count). The molecular formula is C17H21N3O2. The van der Waals surface area contributed by atoms with E-state index < -0.39 is 0 Å². The van der Waals surface area contributed by atoms with Crippen molar-refractivity contribution in [2.24, 2.45) is 5.92 Å². The Balaban J connectivity index is 1.84. The molecule has 5 heteroatoms. The van der Waals surface area contributed by atoms with E-state index in [1.54, 1.807) is 7.11 Å². The van der Waals surface area contributed by atoms with Gasteiger partial charge in [0.2, 0.25) is 5.91 Å². The second-order valence-electron chi connectivity index (χ2n) is 5.77. The minimum Gasteiger partial charge on any atom is -0.497 e. The lowest BCUT2D eigenvalue weighted by atomic mass is 10.1. The molecule has 1 fully saturated rings. The van der Waals surface area contributed by atoms with Crippen molar-refractivity contribution in [1.82, 2.24) is 10.2 Å². The first-order chi connectivity index (χ1) is 10.7. The number of methoxy groups -OCH3 is 1. The Kier molecular flexibility index (Phi) is 4.13. The standard InChI is InChI=1S/C17H21N3O2/c1-11-15(18-17(21)13-5-3-4-6-13)16(20-19-11)12-7-9-14(22-2)10-8-12/h7-10,13H,3-6H2,1-2H3,(H,18,21)(H,19,20). The molecule has 2 N–H and O–H groups in total. The minimum absolute atomic E-state index is 0.108. The molecule has 1 heterocycles. The zero-order valence-electron chi connectivity index (χ0n) is 13.0. The van der Waals surface area contributed by atoms with Crippen LogP contribution in [-0.2, 0) is 4.79 Å². The van der Waals surface area contributed by atoms with E-state index in [9.17, 15) is 4.79 Å². The third-order valence-electron chi connectivity index (χ3n) is 4.28. The zero-order chi connectivity index (χ0) is 15.5. The van der Waals surface area contributed by atoms with Gasteiger partial charge < -0.3 is 10.1 Å². The van der Waals surface area contributed by atoms with Crippen LogP contribution >= 0.6 is 0 Å². The molecule has 1 amide bonds. The average molecular weight is 299 g/mol. The predicted molar refractivity (Wildman–Crippen MR) is 85.9 cm³/mol. The van der Waals surface area contributed by atoms with Crippen LogP contribution in [0.25, 0.3) is 11.3 Å². The molecule has 22 heavy (non-hydrogen) atoms. The molecule has 1 aromatic heterocycles. The molecule has 0 aliphatic heterocycles. The lowest BCUT2D eigenvalue weighted by Crippen LogP contribution is -2.20. The Morgan fingerprint density at radius 1 is 1.27 bits per heavy atom. The van der Waals surface area contributed by atoms with Gasteiger partial charge in [-0.25, -0.2) is 0 Å². The molecule has 0 spiro atoms. The SMILES string of the molecule is COc1ccc(-c2n[nH]c(C)c2NC(=O)C2CCCC2)cc1. The van der Waals surface area contributed by atoms with Crippen molar-refractivity contribution in [3.63, 3.8) is 0 Å². The van der Waals surface area contributed by atoms with Crippen LogP contribution in [0.1, 0.15) is 31.4 Å². The molecule has 1 aliphatic carbocycles. The topological polar surface area (TPSA) is 67.0 Å². The van der Waals surface area contributed by atoms with Crippen molar-refractivity contribution in [3.05, 3.63) is 30.0 Å². The summed E-state index contributed by atoms with van der Waals surface area (Å²) in [6, 6.07) is 7.67. The van der Waals surface area contributed by atoms with Gasteiger partial charge in [-0.2, -0.15) is 5.10 Å². The summed E-state index contributed by atoms with van der Waals surface area (Å²) in [6.45, 7) is 1.92. The van der Waals surface area contributed by atoms with Crippen LogP contribution in [0.4, 0.5) is 5.69 Å². The third kappa shape index (κ3) is 2.84. The molecule has 0 saturated heterocycles. The second-order valence-corrected chi connectivity index (χ2v) is 5.77. The Morgan fingerprint density at radius 3 is 2.59 bits per heavy atom. The number of benzene rings is 1. The fourth-order valence-corrected chi connectivity index (χ4v) is 2.95. The van der Waals surface area contributed by atoms with Crippen molar-refractivity contribution in [3.8, 4) is 17.0 Å². The first-order valence-corrected chi connectivity index (χ1v) is 7.69. The summed E-state index contributed by atoms with van der Waals surface area (Å²) in [7, 11) is 1.64. The first-order valence-electron chi connectivity index (χ1n) is 7.69. The molecule has 5 nitrogen and oxygen atoms in total. The summed E-state index contributed by atoms with van der Waals surface area (Å²) in [5.74, 6) is 1.04. The van der Waals surface area contributed by atoms with Gasteiger partial charge in [-0.1, -0.05) is 12.8 Å². The average Bonchev–Trinajstić information content (AvgIpc) is 3.19. The summed E-state index contributed by atoms with van der Waals surface area (Å²) in [5, 5.41) is 10.4. The smallest absolute Gasteiger partial charge is 0.227 e. The van der Waals surface area contributed by atoms with Crippen molar-refractivity contribution >= 4 is 11.6 Å². The highest BCUT2D eigenvalue weighted by Gasteiger charge is 2.24. The molecule has 1 aliphatic rings. The molecule has 1 aromatic carbocycles. The van der Waals surface area contributed by atoms with Crippen LogP contribution in [0.2, 0.25) is 0 Å². The van der Waals surface area contributed by atoms with Crippen molar-refractivity contribution < 1.29 is 9.53 Å². The molecule has 0 atom stereocenters. The summed E-state index contributed by atoms with van der Waals surface area (Å²) in [4.78, 5) is 12.4. The number of amides is 1. The van der Waals surface area contributed by atoms with Gasteiger partial charge in [-0.15, -0.1) is 0 Å². The number of anilines is 1. The monoisotopic (exact) mass is 299 g/mol. The molecule has 0 unspecified atom stereocenters. The minimum atomic E-state index is 0.108. The predicted octanol–water partition coefficient (Wildman–Crippen LogP) is 3.52. The number of nitrogens with one attached hydrogen (secondary N) is 2. The van der Waals surface area contributed by atoms with Crippen LogP contribution in [0.15, 0.2) is 24.3 Å². The molecule has 0 radical (unpaired) electrons. The van der Waals surface area contributed by atoms with Gasteiger partial charge in [-0.3, -0.25) is 9.89 Å². The Labute approximate surface area is 130 Å². The number of carbonyl (C=O) groups is 1. The number of carbonyl (C=O) groups excluding carboxylic acids is 1. The van der Waals surface area contributed by atoms with Gasteiger partial charge >= 0.3 is 0 Å². The van der Waals surface area contributed by atoms with E-state index >= 15 is 0 Å². The summed E-state index contributed by atoms with van der Waals surface area (Å²) < 4.78 is 5.17. The van der Waals surface area contributed by atoms with Crippen molar-refractivity contribution in [1.29, 1.82) is 0 Å². The van der Waals surface area contributed by atoms with Crippen LogP contribution in [0.3, 0.4) is 0 Å². The van der Waals surface area contributed by atoms with Crippen LogP contribution in [-0.4, -0.2) is 23.2 Å². The van der Waals surface area contributed by atoms with E-state index in [4.69, 9.17) is 4.74 Å². The van der Waals surface area contributed by atoms with Crippen LogP contribution < -0.4 is 10.1 Å². The molecule has 0 bridgehead atoms. The lowest BCUT2D eigenvalue weighted by molar-refractivity contribution is -0.119. The Hall–Kier alpha value is -2.30. The molecule has 1 saturated carbocycles. The maximum atomic E-state index is 12.4. The third-order valence-corrected chi connectivity index (χ3v) is 4.28. The number of rotatable bonds is 4. The van der Waals surface area contributed by atoms with Gasteiger partial charge in [0.05, 0.1) is 18.5 Å². The number of aromatic nitrogens is 2. The number of aromatic amines is 1. The van der Waals surface area contributed by atoms with E-state index in [1.165, 1.54) is 0 Å². The summed E-state index contributed by atoms with van der Waals surface area (Å²) in [6.07, 6.45) is 4.27. The van der Waals surface area contributed by atoms with Gasteiger partial charge in [0, 0.05) is 11.5 Å². The van der Waals surface area contributed by atoms with Crippen LogP contribution in [0.5, 0.6) is 5.75 Å². The number of hydrogen-bond donors (Lipinski definition) is 2. The Morgan fingerprint density at radius 2 is 1.95 bits per heavy atom. The maximum Gasteiger partial charge on any atom is 0.227 e. The van der Waals surface area contributed by atoms with Crippen molar-refractivity contribution in [2.75, 3.05) is 12.4 Å². The number of aryl methyl sites for hydroxylation is 1. The lowest BCUT2D eigenvalue weighted by Gasteiger charge is -2.11. The second kappa shape index (κ2) is 6.22. The summed E-state index contributed by atoms with van der Waals surface area (Å²) in [5.41, 5.74) is 3.37. The van der Waals surface area contributed by atoms with Crippen LogP contribution in [0, 0.1) is 12.8 Å². The van der Waals surface area contributed by atoms with E-state index in [1.807, 2.05) is 31.2 Å². The van der Waals surface area contributed by atoms with Gasteiger partial charge in [-0.05, 0) is 44.0 Å². The Bertz CT molecular complexity index is 655. The van der Waals surface area contributed by atoms with E-state index in [0.29, 0.717) is 0 Å². The molecule has 2 aromatic rings. The van der Waals surface area contributed by atoms with Crippen molar-refractivity contribution in [2.45, 2.75) is 32.6 Å². The van der Waals surface area contributed by atoms with Gasteiger partial charge in [0.25, 0.3) is 0 Å². The fraction of sp³-hybridized carbons (Fsp3) is 0.412. The number of ether oxygens (including phenoxy) is 1. The molecule has 116 valence electrons. The highest BCUT2D eigenvalue weighted by molar-refractivity contribution is 5.96. The highest BCUT2D eigenvalue weighted by atomic mass is 16.5. The first kappa shape index (κ1) is 14.6. The number of H-pyrrole nitrogens is 1. The normalized spacial score (nSPS) is 15.0. The zero-order valence-corrected chi connectivity index (χ0v) is 13.0. The fourth-order valence-electron chi connectivity index (χ4n) is 2.95. The highest BCUT2D eigenvalue weighted by Crippen LogP contribution is 2.32. The number of nitrogens with zero attached hydrogens (tertiary/aromatic N) is 1. The molecular weight excluding hydrogens is 278 g/mol. The number of hydrogen-bond acceptors (Lipinski definition) is 3. The van der Waals surface area contributed by atoms with Gasteiger partial charge in [0.1, 0.15) is 11.4 Å². The van der Waals surface area contributed by atoms with Gasteiger partial charge in [0.15, 0.2) is 0 Å². The van der Waals surface area contributed by atoms with E-state index in [0.717, 1.165) is 54.1 Å². The quantitative estimate of drug-likeness (QED) is 0.907. The maximum absolute atomic E-state index is 12.4. The van der Waals surface area contributed by atoms with E-state index in [2.05, 4.69) is 15.5 Å². The summed E-state index contributed by atoms with van der Waals surface area (Å²) >= 11 is 0. The largest absolute Gasteiger partial charge is 0.497 e. The van der Waals surface area contributed by atoms with E-state index in [-0.39, 0.29) is 11.8 Å².